The van der Waals surface area contributed by atoms with Crippen LogP contribution in [0.2, 0.25) is 0 Å². The number of hydrogen-bond donors (Lipinski definition) is 1. The Morgan fingerprint density at radius 1 is 1.03 bits per heavy atom. The van der Waals surface area contributed by atoms with Crippen molar-refractivity contribution in [1.82, 2.24) is 15.0 Å². The first-order valence-electron chi connectivity index (χ1n) is 10.2. The van der Waals surface area contributed by atoms with Crippen LogP contribution in [0.15, 0.2) is 12.1 Å². The molecule has 0 atom stereocenters. The van der Waals surface area contributed by atoms with Gasteiger partial charge in [0.05, 0.1) is 39.7 Å². The van der Waals surface area contributed by atoms with E-state index in [1.54, 1.807) is 19.2 Å². The van der Waals surface area contributed by atoms with Gasteiger partial charge in [0.15, 0.2) is 5.82 Å². The highest BCUT2D eigenvalue weighted by atomic mass is 16.7. The fraction of sp³-hybridized carbons (Fsp3) is 0.500. The number of anilines is 1. The molecule has 2 rings (SSSR count). The number of nitrogens with zero attached hydrogens (tertiary/aromatic N) is 3. The van der Waals surface area contributed by atoms with E-state index in [1.165, 1.54) is 28.4 Å². The van der Waals surface area contributed by atoms with Crippen LogP contribution in [-0.4, -0.2) is 63.0 Å². The molecule has 0 unspecified atom stereocenters. The molecule has 0 aliphatic carbocycles. The van der Waals surface area contributed by atoms with Crippen LogP contribution < -0.4 is 19.5 Å². The Kier molecular flexibility index (Phi) is 8.87. The quantitative estimate of drug-likeness (QED) is 0.424. The van der Waals surface area contributed by atoms with Gasteiger partial charge in [-0.2, -0.15) is 0 Å². The number of carbonyl (C=O) groups is 1. The van der Waals surface area contributed by atoms with E-state index in [4.69, 9.17) is 19.0 Å². The van der Waals surface area contributed by atoms with Crippen molar-refractivity contribution in [1.29, 1.82) is 0 Å². The second-order valence-corrected chi connectivity index (χ2v) is 6.89. The molecule has 2 aromatic rings. The van der Waals surface area contributed by atoms with Crippen molar-refractivity contribution in [3.63, 3.8) is 0 Å². The molecular weight excluding hydrogens is 400 g/mol. The van der Waals surface area contributed by atoms with E-state index in [1.807, 2.05) is 6.92 Å². The average Bonchev–Trinajstić information content (AvgIpc) is 2.80. The SMILES string of the molecule is CCCCCNc1nc(C)c(-c2c(OC)cc(C(=O)N(C)OC)cc2OC)nc1OC. The first-order valence-corrected chi connectivity index (χ1v) is 10.2. The number of unbranched alkanes of at least 4 members (excludes halogenated alkanes) is 2. The molecular formula is C22H32N4O5. The summed E-state index contributed by atoms with van der Waals surface area (Å²) in [6, 6.07) is 3.25. The van der Waals surface area contributed by atoms with Crippen LogP contribution in [0, 0.1) is 6.92 Å². The topological polar surface area (TPSA) is 95.0 Å². The smallest absolute Gasteiger partial charge is 0.277 e. The summed E-state index contributed by atoms with van der Waals surface area (Å²) in [5.41, 5.74) is 2.16. The predicted octanol–water partition coefficient (Wildman–Crippen LogP) is 3.71. The molecule has 0 bridgehead atoms. The Morgan fingerprint density at radius 3 is 2.19 bits per heavy atom. The summed E-state index contributed by atoms with van der Waals surface area (Å²) in [5, 5.41) is 4.42. The van der Waals surface area contributed by atoms with Crippen LogP contribution in [0.25, 0.3) is 11.3 Å². The van der Waals surface area contributed by atoms with Crippen LogP contribution in [0.3, 0.4) is 0 Å². The highest BCUT2D eigenvalue weighted by molar-refractivity contribution is 5.96. The maximum atomic E-state index is 12.6. The van der Waals surface area contributed by atoms with Gasteiger partial charge in [-0.15, -0.1) is 0 Å². The zero-order chi connectivity index (χ0) is 23.0. The van der Waals surface area contributed by atoms with Gasteiger partial charge >= 0.3 is 0 Å². The molecule has 1 amide bonds. The lowest BCUT2D eigenvalue weighted by molar-refractivity contribution is -0.0757. The van der Waals surface area contributed by atoms with Crippen molar-refractivity contribution >= 4 is 11.7 Å². The number of aromatic nitrogens is 2. The molecule has 9 heteroatoms. The molecule has 1 aromatic heterocycles. The molecule has 0 saturated carbocycles. The number of carbonyl (C=O) groups excluding carboxylic acids is 1. The van der Waals surface area contributed by atoms with Crippen molar-refractivity contribution in [2.45, 2.75) is 33.1 Å². The standard InChI is InChI=1S/C22H32N4O5/c1-8-9-10-11-23-20-21(30-6)25-19(14(2)24-20)18-16(28-4)12-15(13-17(18)29-5)22(27)26(3)31-7/h12-13H,8-11H2,1-7H3,(H,23,24). The van der Waals surface area contributed by atoms with E-state index in [-0.39, 0.29) is 5.91 Å². The third kappa shape index (κ3) is 5.55. The number of hydroxylamine groups is 2. The van der Waals surface area contributed by atoms with E-state index in [0.29, 0.717) is 45.7 Å². The van der Waals surface area contributed by atoms with E-state index in [0.717, 1.165) is 30.9 Å². The number of amides is 1. The Balaban J connectivity index is 2.54. The lowest BCUT2D eigenvalue weighted by Gasteiger charge is -2.19. The molecule has 9 nitrogen and oxygen atoms in total. The van der Waals surface area contributed by atoms with E-state index < -0.39 is 0 Å². The molecule has 1 heterocycles. The Morgan fingerprint density at radius 2 is 1.68 bits per heavy atom. The minimum absolute atomic E-state index is 0.335. The maximum Gasteiger partial charge on any atom is 0.277 e. The van der Waals surface area contributed by atoms with Crippen LogP contribution in [0.4, 0.5) is 5.82 Å². The molecule has 0 fully saturated rings. The number of nitrogens with one attached hydrogen (secondary N) is 1. The second-order valence-electron chi connectivity index (χ2n) is 6.89. The lowest BCUT2D eigenvalue weighted by atomic mass is 10.0. The number of rotatable bonds is 11. The molecule has 31 heavy (non-hydrogen) atoms. The summed E-state index contributed by atoms with van der Waals surface area (Å²) in [6.45, 7) is 4.80. The maximum absolute atomic E-state index is 12.6. The largest absolute Gasteiger partial charge is 0.496 e. The molecule has 0 aliphatic heterocycles. The van der Waals surface area contributed by atoms with Crippen molar-refractivity contribution in [2.24, 2.45) is 0 Å². The van der Waals surface area contributed by atoms with Gasteiger partial charge in [-0.05, 0) is 25.5 Å². The number of hydrogen-bond acceptors (Lipinski definition) is 8. The number of ether oxygens (including phenoxy) is 3. The van der Waals surface area contributed by atoms with Crippen LogP contribution in [0.1, 0.15) is 42.2 Å². The molecule has 0 aliphatic rings. The number of aryl methyl sites for hydroxylation is 1. The fourth-order valence-electron chi connectivity index (χ4n) is 3.11. The fourth-order valence-corrected chi connectivity index (χ4v) is 3.11. The predicted molar refractivity (Wildman–Crippen MR) is 119 cm³/mol. The highest BCUT2D eigenvalue weighted by Crippen LogP contribution is 2.41. The van der Waals surface area contributed by atoms with Crippen molar-refractivity contribution < 1.29 is 23.8 Å². The van der Waals surface area contributed by atoms with Crippen molar-refractivity contribution in [3.8, 4) is 28.6 Å². The molecule has 1 N–H and O–H groups in total. The van der Waals surface area contributed by atoms with Gasteiger partial charge in [0, 0.05) is 19.2 Å². The van der Waals surface area contributed by atoms with Crippen LogP contribution in [-0.2, 0) is 4.84 Å². The molecule has 170 valence electrons. The molecule has 1 aromatic carbocycles. The first-order chi connectivity index (χ1) is 14.9. The van der Waals surface area contributed by atoms with Gasteiger partial charge in [0.25, 0.3) is 11.8 Å². The third-order valence-electron chi connectivity index (χ3n) is 4.85. The second kappa shape index (κ2) is 11.4. The highest BCUT2D eigenvalue weighted by Gasteiger charge is 2.24. The Labute approximate surface area is 183 Å². The third-order valence-corrected chi connectivity index (χ3v) is 4.85. The summed E-state index contributed by atoms with van der Waals surface area (Å²) in [7, 11) is 7.55. The minimum Gasteiger partial charge on any atom is -0.496 e. The van der Waals surface area contributed by atoms with Gasteiger partial charge in [-0.1, -0.05) is 19.8 Å². The Bertz CT molecular complexity index is 879. The van der Waals surface area contributed by atoms with Crippen molar-refractivity contribution in [3.05, 3.63) is 23.4 Å². The summed E-state index contributed by atoms with van der Waals surface area (Å²) < 4.78 is 16.6. The van der Waals surface area contributed by atoms with Gasteiger partial charge < -0.3 is 19.5 Å². The van der Waals surface area contributed by atoms with Gasteiger partial charge in [0.1, 0.15) is 17.2 Å². The van der Waals surface area contributed by atoms with Crippen LogP contribution >= 0.6 is 0 Å². The summed E-state index contributed by atoms with van der Waals surface area (Å²) in [5.74, 6) is 1.48. The van der Waals surface area contributed by atoms with Crippen molar-refractivity contribution in [2.75, 3.05) is 47.3 Å². The molecule has 0 spiro atoms. The molecule has 0 saturated heterocycles. The average molecular weight is 433 g/mol. The summed E-state index contributed by atoms with van der Waals surface area (Å²) in [4.78, 5) is 26.9. The first kappa shape index (κ1) is 24.2. The minimum atomic E-state index is -0.335. The van der Waals surface area contributed by atoms with E-state index >= 15 is 0 Å². The van der Waals surface area contributed by atoms with E-state index in [9.17, 15) is 4.79 Å². The summed E-state index contributed by atoms with van der Waals surface area (Å²) >= 11 is 0. The zero-order valence-corrected chi connectivity index (χ0v) is 19.4. The normalized spacial score (nSPS) is 10.5. The monoisotopic (exact) mass is 432 g/mol. The lowest BCUT2D eigenvalue weighted by Crippen LogP contribution is -2.25. The molecule has 0 radical (unpaired) electrons. The Hall–Kier alpha value is -3.07. The zero-order valence-electron chi connectivity index (χ0n) is 19.4. The van der Waals surface area contributed by atoms with Crippen LogP contribution in [0.5, 0.6) is 17.4 Å². The summed E-state index contributed by atoms with van der Waals surface area (Å²) in [6.07, 6.45) is 3.31. The number of methoxy groups -OCH3 is 3. The number of benzene rings is 1. The van der Waals surface area contributed by atoms with Gasteiger partial charge in [-0.25, -0.2) is 15.0 Å². The van der Waals surface area contributed by atoms with Gasteiger partial charge in [-0.3, -0.25) is 9.63 Å². The van der Waals surface area contributed by atoms with E-state index in [2.05, 4.69) is 22.2 Å². The van der Waals surface area contributed by atoms with Gasteiger partial charge in [0.2, 0.25) is 0 Å².